The van der Waals surface area contributed by atoms with Crippen molar-refractivity contribution in [3.05, 3.63) is 12.2 Å². The standard InChI is InChI=1S/C25H48N2O4/c1-3-4-5-6-7-8-9-10-11-12-13-14-15-16-20-23(25(30)31-2)27-22(24(28)29)19-17-18-21-26/h10-11,22-23,27H,3-9,12-21,26H2,1-2H3,(H,28,29)/b11-10+/t22-,23?/m0/s1. The van der Waals surface area contributed by atoms with E-state index in [9.17, 15) is 14.7 Å². The molecule has 6 heteroatoms. The summed E-state index contributed by atoms with van der Waals surface area (Å²) < 4.78 is 4.86. The highest BCUT2D eigenvalue weighted by molar-refractivity contribution is 5.78. The van der Waals surface area contributed by atoms with Crippen molar-refractivity contribution in [2.24, 2.45) is 5.73 Å². The second kappa shape index (κ2) is 21.8. The van der Waals surface area contributed by atoms with Gasteiger partial charge in [0, 0.05) is 0 Å². The molecule has 0 aliphatic heterocycles. The second-order valence-corrected chi connectivity index (χ2v) is 8.44. The monoisotopic (exact) mass is 440 g/mol. The van der Waals surface area contributed by atoms with Crippen LogP contribution in [0.25, 0.3) is 0 Å². The molecule has 0 aromatic rings. The van der Waals surface area contributed by atoms with Gasteiger partial charge in [0.15, 0.2) is 0 Å². The van der Waals surface area contributed by atoms with Crippen molar-refractivity contribution in [1.29, 1.82) is 0 Å². The quantitative estimate of drug-likeness (QED) is 0.119. The summed E-state index contributed by atoms with van der Waals surface area (Å²) in [7, 11) is 1.35. The molecule has 0 amide bonds. The van der Waals surface area contributed by atoms with Gasteiger partial charge in [0.05, 0.1) is 7.11 Å². The zero-order chi connectivity index (χ0) is 23.2. The lowest BCUT2D eigenvalue weighted by Crippen LogP contribution is -2.47. The molecule has 0 aliphatic rings. The average molecular weight is 441 g/mol. The number of nitrogens with two attached hydrogens (primary N) is 1. The molecule has 0 aromatic carbocycles. The Labute approximate surface area is 190 Å². The number of carboxylic acid groups (broad SMARTS) is 1. The normalized spacial score (nSPS) is 13.4. The molecule has 0 radical (unpaired) electrons. The van der Waals surface area contributed by atoms with Crippen LogP contribution in [0.4, 0.5) is 0 Å². The zero-order valence-electron chi connectivity index (χ0n) is 20.1. The number of ether oxygens (including phenoxy) is 1. The summed E-state index contributed by atoms with van der Waals surface area (Å²) in [5.41, 5.74) is 5.48. The average Bonchev–Trinajstić information content (AvgIpc) is 2.76. The molecule has 182 valence electrons. The second-order valence-electron chi connectivity index (χ2n) is 8.44. The van der Waals surface area contributed by atoms with Crippen LogP contribution in [-0.4, -0.2) is 42.8 Å². The number of carbonyl (C=O) groups is 2. The number of hydrogen-bond donors (Lipinski definition) is 3. The first-order chi connectivity index (χ1) is 15.1. The van der Waals surface area contributed by atoms with E-state index in [1.165, 1.54) is 52.1 Å². The van der Waals surface area contributed by atoms with Gasteiger partial charge in [-0.15, -0.1) is 0 Å². The minimum Gasteiger partial charge on any atom is -0.480 e. The van der Waals surface area contributed by atoms with Gasteiger partial charge in [-0.1, -0.05) is 76.9 Å². The van der Waals surface area contributed by atoms with Gasteiger partial charge in [-0.05, 0) is 51.5 Å². The number of aliphatic carboxylic acids is 1. The topological polar surface area (TPSA) is 102 Å². The van der Waals surface area contributed by atoms with Gasteiger partial charge in [0.25, 0.3) is 0 Å². The number of carbonyl (C=O) groups excluding carboxylic acids is 1. The molecule has 31 heavy (non-hydrogen) atoms. The first-order valence-corrected chi connectivity index (χ1v) is 12.5. The summed E-state index contributed by atoms with van der Waals surface area (Å²) in [6.45, 7) is 2.79. The summed E-state index contributed by atoms with van der Waals surface area (Å²) in [6.07, 6.45) is 21.7. The van der Waals surface area contributed by atoms with Crippen molar-refractivity contribution in [2.45, 2.75) is 122 Å². The molecule has 1 unspecified atom stereocenters. The molecular formula is C25H48N2O4. The highest BCUT2D eigenvalue weighted by atomic mass is 16.5. The molecule has 0 saturated heterocycles. The highest BCUT2D eigenvalue weighted by Gasteiger charge is 2.26. The van der Waals surface area contributed by atoms with Crippen molar-refractivity contribution in [3.8, 4) is 0 Å². The van der Waals surface area contributed by atoms with E-state index in [0.29, 0.717) is 19.4 Å². The van der Waals surface area contributed by atoms with Gasteiger partial charge in [-0.3, -0.25) is 14.9 Å². The number of hydrogen-bond acceptors (Lipinski definition) is 5. The van der Waals surface area contributed by atoms with Gasteiger partial charge in [-0.2, -0.15) is 0 Å². The van der Waals surface area contributed by atoms with E-state index in [1.54, 1.807) is 0 Å². The number of methoxy groups -OCH3 is 1. The van der Waals surface area contributed by atoms with Gasteiger partial charge in [0.1, 0.15) is 12.1 Å². The van der Waals surface area contributed by atoms with Crippen LogP contribution in [0, 0.1) is 0 Å². The molecule has 2 atom stereocenters. The summed E-state index contributed by atoms with van der Waals surface area (Å²) in [5.74, 6) is -1.32. The lowest BCUT2D eigenvalue weighted by atomic mass is 10.0. The maximum atomic E-state index is 12.1. The van der Waals surface area contributed by atoms with Crippen LogP contribution in [-0.2, 0) is 14.3 Å². The van der Waals surface area contributed by atoms with Crippen molar-refractivity contribution in [3.63, 3.8) is 0 Å². The third-order valence-corrected chi connectivity index (χ3v) is 5.64. The lowest BCUT2D eigenvalue weighted by Gasteiger charge is -2.21. The third-order valence-electron chi connectivity index (χ3n) is 5.64. The SMILES string of the molecule is CCCCCCCC/C=C/CCCCCCC(N[C@@H](CCCCN)C(=O)O)C(=O)OC. The number of nitrogens with one attached hydrogen (secondary N) is 1. The zero-order valence-corrected chi connectivity index (χ0v) is 20.1. The van der Waals surface area contributed by atoms with E-state index in [2.05, 4.69) is 24.4 Å². The largest absolute Gasteiger partial charge is 0.480 e. The Morgan fingerprint density at radius 1 is 0.839 bits per heavy atom. The molecule has 6 nitrogen and oxygen atoms in total. The minimum absolute atomic E-state index is 0.386. The van der Waals surface area contributed by atoms with E-state index in [0.717, 1.165) is 44.9 Å². The predicted octanol–water partition coefficient (Wildman–Crippen LogP) is 5.35. The summed E-state index contributed by atoms with van der Waals surface area (Å²) in [6, 6.07) is -1.31. The Morgan fingerprint density at radius 3 is 1.90 bits per heavy atom. The van der Waals surface area contributed by atoms with Crippen LogP contribution in [0.15, 0.2) is 12.2 Å². The van der Waals surface area contributed by atoms with Crippen molar-refractivity contribution in [2.75, 3.05) is 13.7 Å². The van der Waals surface area contributed by atoms with Crippen molar-refractivity contribution in [1.82, 2.24) is 5.32 Å². The first kappa shape index (κ1) is 29.6. The van der Waals surface area contributed by atoms with Crippen LogP contribution >= 0.6 is 0 Å². The molecule has 0 aromatic heterocycles. The third kappa shape index (κ3) is 17.9. The lowest BCUT2D eigenvalue weighted by molar-refractivity contribution is -0.145. The first-order valence-electron chi connectivity index (χ1n) is 12.5. The summed E-state index contributed by atoms with van der Waals surface area (Å²) in [5, 5.41) is 12.4. The Balaban J connectivity index is 3.97. The fraction of sp³-hybridized carbons (Fsp3) is 0.840. The molecule has 0 fully saturated rings. The Bertz CT molecular complexity index is 468. The van der Waals surface area contributed by atoms with Gasteiger partial charge < -0.3 is 15.6 Å². The molecule has 0 spiro atoms. The van der Waals surface area contributed by atoms with Crippen LogP contribution in [0.5, 0.6) is 0 Å². The van der Waals surface area contributed by atoms with E-state index in [-0.39, 0.29) is 5.97 Å². The molecule has 0 bridgehead atoms. The smallest absolute Gasteiger partial charge is 0.322 e. The van der Waals surface area contributed by atoms with Crippen LogP contribution in [0.3, 0.4) is 0 Å². The fourth-order valence-electron chi connectivity index (χ4n) is 3.67. The number of esters is 1. The summed E-state index contributed by atoms with van der Waals surface area (Å²) in [4.78, 5) is 23.5. The summed E-state index contributed by atoms with van der Waals surface area (Å²) >= 11 is 0. The van der Waals surface area contributed by atoms with Crippen LogP contribution in [0.2, 0.25) is 0 Å². The van der Waals surface area contributed by atoms with Crippen molar-refractivity contribution < 1.29 is 19.4 Å². The number of carboxylic acids is 1. The molecule has 0 heterocycles. The molecule has 0 saturated carbocycles. The highest BCUT2D eigenvalue weighted by Crippen LogP contribution is 2.12. The number of rotatable bonds is 22. The molecular weight excluding hydrogens is 392 g/mol. The minimum atomic E-state index is -0.932. The van der Waals surface area contributed by atoms with Gasteiger partial charge in [0.2, 0.25) is 0 Å². The Hall–Kier alpha value is -1.40. The Morgan fingerprint density at radius 2 is 1.35 bits per heavy atom. The number of allylic oxidation sites excluding steroid dienone is 2. The van der Waals surface area contributed by atoms with Gasteiger partial charge >= 0.3 is 11.9 Å². The molecule has 0 aliphatic carbocycles. The number of unbranched alkanes of at least 4 members (excludes halogenated alkanes) is 11. The van der Waals surface area contributed by atoms with Crippen LogP contribution in [0.1, 0.15) is 110 Å². The van der Waals surface area contributed by atoms with Crippen molar-refractivity contribution >= 4 is 11.9 Å². The van der Waals surface area contributed by atoms with E-state index >= 15 is 0 Å². The molecule has 0 rings (SSSR count). The van der Waals surface area contributed by atoms with E-state index in [1.807, 2.05) is 0 Å². The van der Waals surface area contributed by atoms with Crippen LogP contribution < -0.4 is 11.1 Å². The molecule has 4 N–H and O–H groups in total. The van der Waals surface area contributed by atoms with E-state index < -0.39 is 18.1 Å². The predicted molar refractivity (Wildman–Crippen MR) is 128 cm³/mol. The van der Waals surface area contributed by atoms with E-state index in [4.69, 9.17) is 10.5 Å². The fourth-order valence-corrected chi connectivity index (χ4v) is 3.67. The van der Waals surface area contributed by atoms with Gasteiger partial charge in [-0.25, -0.2) is 0 Å². The maximum Gasteiger partial charge on any atom is 0.322 e. The Kier molecular flexibility index (Phi) is 20.8. The maximum absolute atomic E-state index is 12.1.